The minimum absolute atomic E-state index is 0.129. The van der Waals surface area contributed by atoms with Crippen LogP contribution in [0, 0.1) is 6.92 Å². The van der Waals surface area contributed by atoms with E-state index >= 15 is 0 Å². The Morgan fingerprint density at radius 1 is 1.32 bits per heavy atom. The third-order valence-corrected chi connectivity index (χ3v) is 4.48. The third kappa shape index (κ3) is 4.30. The van der Waals surface area contributed by atoms with Gasteiger partial charge < -0.3 is 0 Å². The zero-order chi connectivity index (χ0) is 14.6. The average molecular weight is 304 g/mol. The van der Waals surface area contributed by atoms with Gasteiger partial charge in [0, 0.05) is 6.42 Å². The molecule has 0 aliphatic carbocycles. The fraction of sp³-hybridized carbons (Fsp3) is 0.462. The molecule has 6 heteroatoms. The second-order valence-corrected chi connectivity index (χ2v) is 6.81. The van der Waals surface area contributed by atoms with E-state index in [0.717, 1.165) is 5.56 Å². The van der Waals surface area contributed by atoms with Crippen molar-refractivity contribution < 1.29 is 13.2 Å². The van der Waals surface area contributed by atoms with Gasteiger partial charge in [0.25, 0.3) is 0 Å². The van der Waals surface area contributed by atoms with Gasteiger partial charge in [0.05, 0.1) is 16.3 Å². The van der Waals surface area contributed by atoms with Crippen LogP contribution < -0.4 is 4.72 Å². The maximum absolute atomic E-state index is 12.2. The SMILES string of the molecule is CCC(=O)[C@@H](NS(=O)(=O)c1ccc(C)cc1)[C@H](C)Cl. The normalized spacial score (nSPS) is 14.9. The number of carbonyl (C=O) groups excluding carboxylic acids is 1. The van der Waals surface area contributed by atoms with E-state index < -0.39 is 21.4 Å². The van der Waals surface area contributed by atoms with Gasteiger partial charge in [-0.1, -0.05) is 24.6 Å². The van der Waals surface area contributed by atoms with Crippen molar-refractivity contribution in [3.05, 3.63) is 29.8 Å². The largest absolute Gasteiger partial charge is 0.298 e. The van der Waals surface area contributed by atoms with E-state index in [-0.39, 0.29) is 17.1 Å². The fourth-order valence-electron chi connectivity index (χ4n) is 1.59. The lowest BCUT2D eigenvalue weighted by molar-refractivity contribution is -0.120. The van der Waals surface area contributed by atoms with E-state index in [9.17, 15) is 13.2 Å². The van der Waals surface area contributed by atoms with Crippen molar-refractivity contribution in [1.29, 1.82) is 0 Å². The van der Waals surface area contributed by atoms with Crippen LogP contribution in [0.2, 0.25) is 0 Å². The summed E-state index contributed by atoms with van der Waals surface area (Å²) in [5.74, 6) is -0.224. The molecule has 1 N–H and O–H groups in total. The van der Waals surface area contributed by atoms with Crippen molar-refractivity contribution in [3.8, 4) is 0 Å². The average Bonchev–Trinajstić information content (AvgIpc) is 2.35. The molecule has 1 aromatic carbocycles. The molecular formula is C13H18ClNO3S. The molecule has 0 spiro atoms. The van der Waals surface area contributed by atoms with Crippen LogP contribution in [0.4, 0.5) is 0 Å². The van der Waals surface area contributed by atoms with Crippen LogP contribution in [-0.4, -0.2) is 25.6 Å². The number of Topliss-reactive ketones (excluding diaryl/α,β-unsaturated/α-hetero) is 1. The Kier molecular flexibility index (Phi) is 5.52. The molecule has 0 aliphatic rings. The van der Waals surface area contributed by atoms with Crippen LogP contribution in [0.1, 0.15) is 25.8 Å². The van der Waals surface area contributed by atoms with E-state index in [1.165, 1.54) is 12.1 Å². The second-order valence-electron chi connectivity index (χ2n) is 4.41. The molecule has 4 nitrogen and oxygen atoms in total. The third-order valence-electron chi connectivity index (χ3n) is 2.77. The molecule has 19 heavy (non-hydrogen) atoms. The van der Waals surface area contributed by atoms with Gasteiger partial charge in [0.15, 0.2) is 5.78 Å². The molecule has 0 fully saturated rings. The van der Waals surface area contributed by atoms with Gasteiger partial charge in [-0.15, -0.1) is 11.6 Å². The molecule has 0 heterocycles. The predicted molar refractivity (Wildman–Crippen MR) is 75.9 cm³/mol. The lowest BCUT2D eigenvalue weighted by Crippen LogP contribution is -2.45. The van der Waals surface area contributed by atoms with Crippen LogP contribution in [0.25, 0.3) is 0 Å². The summed E-state index contributed by atoms with van der Waals surface area (Å²) in [4.78, 5) is 11.8. The molecule has 0 saturated heterocycles. The molecule has 0 aliphatic heterocycles. The van der Waals surface area contributed by atoms with Gasteiger partial charge >= 0.3 is 0 Å². The van der Waals surface area contributed by atoms with Crippen molar-refractivity contribution in [1.82, 2.24) is 4.72 Å². The molecule has 0 aromatic heterocycles. The zero-order valence-corrected chi connectivity index (χ0v) is 12.8. The monoisotopic (exact) mass is 303 g/mol. The highest BCUT2D eigenvalue weighted by Crippen LogP contribution is 2.13. The topological polar surface area (TPSA) is 63.2 Å². The zero-order valence-electron chi connectivity index (χ0n) is 11.2. The van der Waals surface area contributed by atoms with E-state index in [1.807, 2.05) is 6.92 Å². The predicted octanol–water partition coefficient (Wildman–Crippen LogP) is 2.25. The summed E-state index contributed by atoms with van der Waals surface area (Å²) < 4.78 is 26.7. The van der Waals surface area contributed by atoms with Gasteiger partial charge in [-0.3, -0.25) is 4.79 Å². The van der Waals surface area contributed by atoms with Crippen molar-refractivity contribution in [2.75, 3.05) is 0 Å². The summed E-state index contributed by atoms with van der Waals surface area (Å²) in [5, 5.41) is -0.604. The van der Waals surface area contributed by atoms with E-state index in [0.29, 0.717) is 0 Å². The molecule has 2 atom stereocenters. The van der Waals surface area contributed by atoms with Crippen LogP contribution in [0.15, 0.2) is 29.2 Å². The number of carbonyl (C=O) groups is 1. The summed E-state index contributed by atoms with van der Waals surface area (Å²) in [6.07, 6.45) is 0.234. The van der Waals surface area contributed by atoms with Crippen molar-refractivity contribution in [2.24, 2.45) is 0 Å². The number of sulfonamides is 1. The molecule has 106 valence electrons. The van der Waals surface area contributed by atoms with Crippen molar-refractivity contribution in [2.45, 2.75) is 43.5 Å². The molecule has 0 unspecified atom stereocenters. The second kappa shape index (κ2) is 6.50. The van der Waals surface area contributed by atoms with Crippen LogP contribution >= 0.6 is 11.6 Å². The first-order valence-electron chi connectivity index (χ1n) is 6.03. The van der Waals surface area contributed by atoms with Gasteiger partial charge in [-0.2, -0.15) is 4.72 Å². The number of nitrogens with one attached hydrogen (secondary N) is 1. The number of hydrogen-bond acceptors (Lipinski definition) is 3. The lowest BCUT2D eigenvalue weighted by Gasteiger charge is -2.19. The van der Waals surface area contributed by atoms with Gasteiger partial charge in [-0.05, 0) is 26.0 Å². The van der Waals surface area contributed by atoms with Crippen LogP contribution in [0.5, 0.6) is 0 Å². The number of halogens is 1. The number of aryl methyl sites for hydroxylation is 1. The summed E-state index contributed by atoms with van der Waals surface area (Å²) >= 11 is 5.89. The Hall–Kier alpha value is -0.910. The van der Waals surface area contributed by atoms with Gasteiger partial charge in [0.2, 0.25) is 10.0 Å². The minimum Gasteiger partial charge on any atom is -0.298 e. The van der Waals surface area contributed by atoms with Crippen molar-refractivity contribution in [3.63, 3.8) is 0 Å². The summed E-state index contributed by atoms with van der Waals surface area (Å²) in [5.41, 5.74) is 0.964. The first kappa shape index (κ1) is 16.1. The van der Waals surface area contributed by atoms with Gasteiger partial charge in [0.1, 0.15) is 0 Å². The first-order chi connectivity index (χ1) is 8.77. The standard InChI is InChI=1S/C13H18ClNO3S/c1-4-12(16)13(10(3)14)15-19(17,18)11-7-5-9(2)6-8-11/h5-8,10,13,15H,4H2,1-3H3/t10-,13-/m0/s1. The number of alkyl halides is 1. The maximum Gasteiger partial charge on any atom is 0.241 e. The summed E-state index contributed by atoms with van der Waals surface area (Å²) in [6, 6.07) is 5.51. The lowest BCUT2D eigenvalue weighted by atomic mass is 10.1. The van der Waals surface area contributed by atoms with E-state index in [2.05, 4.69) is 4.72 Å². The number of rotatable bonds is 6. The van der Waals surface area contributed by atoms with Crippen molar-refractivity contribution >= 4 is 27.4 Å². The molecule has 1 aromatic rings. The summed E-state index contributed by atoms with van der Waals surface area (Å²) in [6.45, 7) is 5.14. The summed E-state index contributed by atoms with van der Waals surface area (Å²) in [7, 11) is -3.73. The molecule has 0 radical (unpaired) electrons. The smallest absolute Gasteiger partial charge is 0.241 e. The molecule has 0 bridgehead atoms. The molecule has 0 amide bonds. The minimum atomic E-state index is -3.73. The number of hydrogen-bond donors (Lipinski definition) is 1. The number of ketones is 1. The Labute approximate surface area is 119 Å². The van der Waals surface area contributed by atoms with E-state index in [1.54, 1.807) is 26.0 Å². The molecule has 1 rings (SSSR count). The number of benzene rings is 1. The highest BCUT2D eigenvalue weighted by molar-refractivity contribution is 7.89. The fourth-order valence-corrected chi connectivity index (χ4v) is 3.17. The first-order valence-corrected chi connectivity index (χ1v) is 7.95. The quantitative estimate of drug-likeness (QED) is 0.820. The Morgan fingerprint density at radius 2 is 1.84 bits per heavy atom. The molecular weight excluding hydrogens is 286 g/mol. The Morgan fingerprint density at radius 3 is 2.26 bits per heavy atom. The Balaban J connectivity index is 3.00. The van der Waals surface area contributed by atoms with E-state index in [4.69, 9.17) is 11.6 Å². The highest BCUT2D eigenvalue weighted by atomic mass is 35.5. The molecule has 0 saturated carbocycles. The van der Waals surface area contributed by atoms with Gasteiger partial charge in [-0.25, -0.2) is 8.42 Å². The highest BCUT2D eigenvalue weighted by Gasteiger charge is 2.28. The maximum atomic E-state index is 12.2. The van der Waals surface area contributed by atoms with Crippen LogP contribution in [0.3, 0.4) is 0 Å². The Bertz CT molecular complexity index is 538. The van der Waals surface area contributed by atoms with Crippen LogP contribution in [-0.2, 0) is 14.8 Å².